The lowest BCUT2D eigenvalue weighted by Crippen LogP contribution is -2.48. The van der Waals surface area contributed by atoms with Gasteiger partial charge in [0.1, 0.15) is 6.61 Å². The van der Waals surface area contributed by atoms with Crippen LogP contribution in [0.5, 0.6) is 0 Å². The first-order chi connectivity index (χ1) is 10.2. The average Bonchev–Trinajstić information content (AvgIpc) is 2.30. The van der Waals surface area contributed by atoms with Crippen LogP contribution in [-0.4, -0.2) is 44.8 Å². The maximum atomic E-state index is 11.3. The smallest absolute Gasteiger partial charge is 0.477 e. The van der Waals surface area contributed by atoms with Crippen LogP contribution in [0.3, 0.4) is 0 Å². The van der Waals surface area contributed by atoms with Gasteiger partial charge < -0.3 is 15.0 Å². The standard InChI is InChI=1S/C8H15NO2.C2HF6NO2S/c1-6(2)7(3)8(10)11-5-4-9;3-1(4,5)9(12(10)11)2(6,7)8/h4-5,9H2,1-3H3;(H,10,11)/p-1. The van der Waals surface area contributed by atoms with Gasteiger partial charge in [-0.25, -0.2) is 4.79 Å². The van der Waals surface area contributed by atoms with Crippen LogP contribution in [0.25, 0.3) is 0 Å². The number of carbonyl (C=O) groups excluding carboxylic acids is 1. The van der Waals surface area contributed by atoms with E-state index < -0.39 is 28.2 Å². The second kappa shape index (κ2) is 9.85. The van der Waals surface area contributed by atoms with Gasteiger partial charge in [-0.1, -0.05) is 5.57 Å². The summed E-state index contributed by atoms with van der Waals surface area (Å²) in [4.78, 5) is 11.0. The zero-order valence-corrected chi connectivity index (χ0v) is 13.1. The second-order valence-corrected chi connectivity index (χ2v) is 4.80. The van der Waals surface area contributed by atoms with Crippen LogP contribution in [-0.2, 0) is 20.8 Å². The monoisotopic (exact) mass is 373 g/mol. The first-order valence-corrected chi connectivity index (χ1v) is 6.73. The molecule has 0 bridgehead atoms. The SMILES string of the molecule is CC(C)=C(C)C(=O)OCCN.O=S([O-])N(C(F)(F)F)C(F)(F)F. The molecule has 1 atom stereocenters. The lowest BCUT2D eigenvalue weighted by Gasteiger charge is -2.27. The Bertz CT molecular complexity index is 432. The molecule has 13 heteroatoms. The summed E-state index contributed by atoms with van der Waals surface area (Å²) in [6.45, 7) is 6.16. The number of allylic oxidation sites excluding steroid dienone is 1. The van der Waals surface area contributed by atoms with E-state index in [1.54, 1.807) is 6.92 Å². The maximum absolute atomic E-state index is 11.3. The third-order valence-electron chi connectivity index (χ3n) is 2.02. The van der Waals surface area contributed by atoms with Crippen LogP contribution in [0.1, 0.15) is 20.8 Å². The molecule has 2 N–H and O–H groups in total. The lowest BCUT2D eigenvalue weighted by molar-refractivity contribution is -0.334. The van der Waals surface area contributed by atoms with Crippen LogP contribution in [0.4, 0.5) is 26.3 Å². The Morgan fingerprint density at radius 1 is 1.13 bits per heavy atom. The third kappa shape index (κ3) is 10.3. The Kier molecular flexibility index (Phi) is 10.3. The van der Waals surface area contributed by atoms with Crippen LogP contribution < -0.4 is 5.73 Å². The minimum Gasteiger partial charge on any atom is -0.759 e. The Hall–Kier alpha value is -1.18. The zero-order chi connectivity index (χ0) is 19.0. The number of hydrogen-bond acceptors (Lipinski definition) is 5. The van der Waals surface area contributed by atoms with Crippen LogP contribution in [0.2, 0.25) is 0 Å². The van der Waals surface area contributed by atoms with Gasteiger partial charge in [0.25, 0.3) is 0 Å². The molecule has 23 heavy (non-hydrogen) atoms. The van der Waals surface area contributed by atoms with E-state index in [1.807, 2.05) is 13.8 Å². The number of nitrogens with zero attached hydrogens (tertiary/aromatic N) is 1. The predicted octanol–water partition coefficient (Wildman–Crippen LogP) is 1.97. The Morgan fingerprint density at radius 2 is 1.52 bits per heavy atom. The van der Waals surface area contributed by atoms with E-state index >= 15 is 0 Å². The molecule has 0 aromatic heterocycles. The molecule has 0 aliphatic carbocycles. The zero-order valence-electron chi connectivity index (χ0n) is 12.2. The van der Waals surface area contributed by atoms with E-state index in [-0.39, 0.29) is 5.97 Å². The molecule has 0 saturated carbocycles. The molecule has 0 aliphatic heterocycles. The molecular formula is C10H15F6N2O4S-. The van der Waals surface area contributed by atoms with Crippen molar-refractivity contribution in [3.8, 4) is 0 Å². The van der Waals surface area contributed by atoms with E-state index in [4.69, 9.17) is 10.5 Å². The van der Waals surface area contributed by atoms with Crippen molar-refractivity contribution in [1.82, 2.24) is 4.31 Å². The van der Waals surface area contributed by atoms with Gasteiger partial charge in [-0.15, -0.1) is 0 Å². The molecule has 138 valence electrons. The minimum atomic E-state index is -5.98. The van der Waals surface area contributed by atoms with Gasteiger partial charge in [0.15, 0.2) is 0 Å². The number of carbonyl (C=O) groups is 1. The van der Waals surface area contributed by atoms with Crippen LogP contribution >= 0.6 is 0 Å². The molecule has 6 nitrogen and oxygen atoms in total. The van der Waals surface area contributed by atoms with Gasteiger partial charge >= 0.3 is 18.6 Å². The number of halogens is 6. The molecule has 0 aliphatic rings. The van der Waals surface area contributed by atoms with Crippen molar-refractivity contribution in [2.75, 3.05) is 13.2 Å². The highest BCUT2D eigenvalue weighted by atomic mass is 32.2. The van der Waals surface area contributed by atoms with E-state index in [2.05, 4.69) is 0 Å². The van der Waals surface area contributed by atoms with Gasteiger partial charge in [0.2, 0.25) is 0 Å². The molecule has 0 heterocycles. The summed E-state index contributed by atoms with van der Waals surface area (Å²) in [7, 11) is 0. The Labute approximate surface area is 130 Å². The number of nitrogens with two attached hydrogens (primary N) is 1. The largest absolute Gasteiger partial charge is 0.759 e. The van der Waals surface area contributed by atoms with Crippen LogP contribution in [0, 0.1) is 0 Å². The number of esters is 1. The third-order valence-corrected chi connectivity index (χ3v) is 2.73. The molecule has 0 saturated heterocycles. The van der Waals surface area contributed by atoms with Gasteiger partial charge in [-0.05, 0) is 25.1 Å². The summed E-state index contributed by atoms with van der Waals surface area (Å²) < 4.78 is 88.9. The van der Waals surface area contributed by atoms with Gasteiger partial charge in [-0.3, -0.25) is 4.21 Å². The summed E-state index contributed by atoms with van der Waals surface area (Å²) >= 11 is -4.41. The van der Waals surface area contributed by atoms with Gasteiger partial charge in [-0.2, -0.15) is 26.3 Å². The lowest BCUT2D eigenvalue weighted by atomic mass is 10.2. The molecular weight excluding hydrogens is 358 g/mol. The Balaban J connectivity index is 0. The quantitative estimate of drug-likeness (QED) is 0.267. The number of alkyl halides is 6. The van der Waals surface area contributed by atoms with Crippen molar-refractivity contribution >= 4 is 17.2 Å². The van der Waals surface area contributed by atoms with E-state index in [9.17, 15) is 39.9 Å². The van der Waals surface area contributed by atoms with Crippen LogP contribution in [0.15, 0.2) is 11.1 Å². The predicted molar refractivity (Wildman–Crippen MR) is 66.9 cm³/mol. The number of ether oxygens (including phenoxy) is 1. The van der Waals surface area contributed by atoms with Crippen molar-refractivity contribution in [3.63, 3.8) is 0 Å². The fourth-order valence-corrected chi connectivity index (χ4v) is 1.11. The fraction of sp³-hybridized carbons (Fsp3) is 0.700. The van der Waals surface area contributed by atoms with E-state index in [0.717, 1.165) is 5.57 Å². The number of rotatable bonds is 4. The van der Waals surface area contributed by atoms with Crippen molar-refractivity contribution in [1.29, 1.82) is 0 Å². The highest BCUT2D eigenvalue weighted by Gasteiger charge is 2.55. The fourth-order valence-electron chi connectivity index (χ4n) is 0.777. The highest BCUT2D eigenvalue weighted by molar-refractivity contribution is 7.76. The molecule has 0 aromatic carbocycles. The summed E-state index contributed by atoms with van der Waals surface area (Å²) in [5.74, 6) is -0.268. The molecule has 0 aromatic rings. The van der Waals surface area contributed by atoms with Crippen molar-refractivity contribution in [2.45, 2.75) is 33.4 Å². The molecule has 1 unspecified atom stereocenters. The van der Waals surface area contributed by atoms with Crippen molar-refractivity contribution in [3.05, 3.63) is 11.1 Å². The normalized spacial score (nSPS) is 13.0. The molecule has 0 radical (unpaired) electrons. The average molecular weight is 373 g/mol. The highest BCUT2D eigenvalue weighted by Crippen LogP contribution is 2.34. The van der Waals surface area contributed by atoms with E-state index in [1.165, 1.54) is 0 Å². The van der Waals surface area contributed by atoms with Crippen molar-refractivity contribution < 1.29 is 44.6 Å². The van der Waals surface area contributed by atoms with Crippen molar-refractivity contribution in [2.24, 2.45) is 5.73 Å². The first kappa shape index (κ1) is 24.1. The molecule has 0 fully saturated rings. The van der Waals surface area contributed by atoms with E-state index in [0.29, 0.717) is 18.7 Å². The molecule has 0 spiro atoms. The Morgan fingerprint density at radius 3 is 1.70 bits per heavy atom. The van der Waals surface area contributed by atoms with Gasteiger partial charge in [0.05, 0.1) is 0 Å². The first-order valence-electron chi connectivity index (χ1n) is 5.70. The molecule has 0 amide bonds. The summed E-state index contributed by atoms with van der Waals surface area (Å²) in [6, 6.07) is 0. The summed E-state index contributed by atoms with van der Waals surface area (Å²) in [5, 5.41) is 0. The second-order valence-electron chi connectivity index (χ2n) is 4.00. The minimum absolute atomic E-state index is 0.268. The number of hydrogen-bond donors (Lipinski definition) is 1. The van der Waals surface area contributed by atoms with Gasteiger partial charge in [0, 0.05) is 23.4 Å². The summed E-state index contributed by atoms with van der Waals surface area (Å²) in [5.41, 5.74) is 6.80. The topological polar surface area (TPSA) is 95.7 Å². The molecule has 0 rings (SSSR count). The summed E-state index contributed by atoms with van der Waals surface area (Å²) in [6.07, 6.45) is -12.0. The maximum Gasteiger partial charge on any atom is 0.477 e.